The number of rotatable bonds is 4. The van der Waals surface area contributed by atoms with Gasteiger partial charge in [-0.3, -0.25) is 4.79 Å². The quantitative estimate of drug-likeness (QED) is 0.235. The predicted octanol–water partition coefficient (Wildman–Crippen LogP) is 6.66. The number of likely N-dealkylation sites (tertiary alicyclic amines) is 1. The van der Waals surface area contributed by atoms with Crippen molar-refractivity contribution < 1.29 is 52.7 Å². The average Bonchev–Trinajstić information content (AvgIpc) is 3.37. The van der Waals surface area contributed by atoms with Crippen molar-refractivity contribution >= 4 is 15.7 Å². The zero-order valence-corrected chi connectivity index (χ0v) is 22.9. The summed E-state index contributed by atoms with van der Waals surface area (Å²) in [5.74, 6) is -2.66. The molecule has 1 heterocycles. The van der Waals surface area contributed by atoms with Crippen LogP contribution in [0.5, 0.6) is 0 Å². The molecule has 3 aromatic carbocycles. The molecular weight excluding hydrogens is 627 g/mol. The third-order valence-electron chi connectivity index (χ3n) is 8.27. The zero-order valence-electron chi connectivity index (χ0n) is 22.1. The lowest BCUT2D eigenvalue weighted by Gasteiger charge is -2.43. The van der Waals surface area contributed by atoms with E-state index in [1.807, 2.05) is 0 Å². The fraction of sp³-hybridized carbons (Fsp3) is 0.310. The fourth-order valence-electron chi connectivity index (χ4n) is 6.20. The standard InChI is InChI=1S/C29H19F9N2O3S/c30-20-5-7-21(8-6-20)44(42,43)26-11-12-40(25(41)17-1-2-18(15-39)23(31)14-17)24(26)10-3-16-13-19(4-9-22(16)26)27(32,28(33,34)35)29(36,37)38/h1-2,4-9,13-14,24H,3,10-12H2/t24-,26-/m0/s1. The molecule has 44 heavy (non-hydrogen) atoms. The molecular formula is C29H19F9N2O3S. The molecule has 5 rings (SSSR count). The van der Waals surface area contributed by atoms with Crippen LogP contribution in [0.15, 0.2) is 65.6 Å². The fourth-order valence-corrected chi connectivity index (χ4v) is 8.57. The van der Waals surface area contributed by atoms with Gasteiger partial charge in [0.2, 0.25) is 0 Å². The van der Waals surface area contributed by atoms with Gasteiger partial charge in [0.25, 0.3) is 5.91 Å². The number of aryl methyl sites for hydroxylation is 1. The number of amides is 1. The molecule has 1 fully saturated rings. The number of hydrogen-bond donors (Lipinski definition) is 0. The molecule has 1 aliphatic carbocycles. The molecule has 1 aliphatic heterocycles. The van der Waals surface area contributed by atoms with Crippen LogP contribution in [0.2, 0.25) is 0 Å². The number of hydrogen-bond acceptors (Lipinski definition) is 4. The maximum Gasteiger partial charge on any atom is 0.435 e. The van der Waals surface area contributed by atoms with Crippen molar-refractivity contribution in [1.82, 2.24) is 4.90 Å². The molecule has 1 saturated heterocycles. The maximum atomic E-state index is 14.9. The van der Waals surface area contributed by atoms with Gasteiger partial charge in [0.05, 0.1) is 16.5 Å². The second-order valence-electron chi connectivity index (χ2n) is 10.5. The molecule has 5 nitrogen and oxygen atoms in total. The van der Waals surface area contributed by atoms with Crippen molar-refractivity contribution in [3.05, 3.63) is 100 Å². The summed E-state index contributed by atoms with van der Waals surface area (Å²) in [5, 5.41) is 8.99. The Hall–Kier alpha value is -4.06. The molecule has 15 heteroatoms. The molecule has 0 saturated carbocycles. The topological polar surface area (TPSA) is 78.2 Å². The highest BCUT2D eigenvalue weighted by Crippen LogP contribution is 2.56. The van der Waals surface area contributed by atoms with Gasteiger partial charge in [0, 0.05) is 17.7 Å². The summed E-state index contributed by atoms with van der Waals surface area (Å²) >= 11 is 0. The zero-order chi connectivity index (χ0) is 32.5. The summed E-state index contributed by atoms with van der Waals surface area (Å²) in [6.45, 7) is -0.287. The van der Waals surface area contributed by atoms with Crippen LogP contribution < -0.4 is 0 Å². The van der Waals surface area contributed by atoms with Crippen molar-refractivity contribution in [2.75, 3.05) is 6.54 Å². The lowest BCUT2D eigenvalue weighted by atomic mass is 9.76. The van der Waals surface area contributed by atoms with Crippen LogP contribution >= 0.6 is 0 Å². The molecule has 2 aliphatic rings. The van der Waals surface area contributed by atoms with E-state index < -0.39 is 73.1 Å². The highest BCUT2D eigenvalue weighted by Gasteiger charge is 2.73. The lowest BCUT2D eigenvalue weighted by molar-refractivity contribution is -0.348. The van der Waals surface area contributed by atoms with Gasteiger partial charge >= 0.3 is 18.0 Å². The van der Waals surface area contributed by atoms with Crippen LogP contribution in [0.1, 0.15) is 45.5 Å². The first kappa shape index (κ1) is 31.4. The number of nitrogens with zero attached hydrogens (tertiary/aromatic N) is 2. The van der Waals surface area contributed by atoms with Crippen molar-refractivity contribution in [3.63, 3.8) is 0 Å². The monoisotopic (exact) mass is 646 g/mol. The first-order chi connectivity index (χ1) is 20.4. The molecule has 1 amide bonds. The van der Waals surface area contributed by atoms with E-state index in [-0.39, 0.29) is 47.7 Å². The molecule has 2 atom stereocenters. The van der Waals surface area contributed by atoms with Gasteiger partial charge in [-0.05, 0) is 72.9 Å². The minimum Gasteiger partial charge on any atom is -0.334 e. The molecule has 0 N–H and O–H groups in total. The number of alkyl halides is 7. The van der Waals surface area contributed by atoms with E-state index in [4.69, 9.17) is 5.26 Å². The van der Waals surface area contributed by atoms with Crippen LogP contribution in [0, 0.1) is 23.0 Å². The van der Waals surface area contributed by atoms with Crippen LogP contribution in [-0.2, 0) is 26.7 Å². The second kappa shape index (κ2) is 10.3. The van der Waals surface area contributed by atoms with E-state index in [0.717, 1.165) is 47.4 Å². The van der Waals surface area contributed by atoms with Crippen molar-refractivity contribution in [1.29, 1.82) is 5.26 Å². The number of benzene rings is 3. The van der Waals surface area contributed by atoms with E-state index >= 15 is 0 Å². The van der Waals surface area contributed by atoms with Gasteiger partial charge in [-0.25, -0.2) is 21.6 Å². The number of sulfone groups is 1. The Balaban J connectivity index is 1.70. The van der Waals surface area contributed by atoms with Gasteiger partial charge in [-0.15, -0.1) is 0 Å². The van der Waals surface area contributed by atoms with Gasteiger partial charge in [-0.1, -0.05) is 18.2 Å². The van der Waals surface area contributed by atoms with E-state index in [1.54, 1.807) is 6.07 Å². The average molecular weight is 647 g/mol. The molecule has 0 spiro atoms. The van der Waals surface area contributed by atoms with Crippen molar-refractivity contribution in [3.8, 4) is 6.07 Å². The maximum absolute atomic E-state index is 14.9. The van der Waals surface area contributed by atoms with Crippen LogP contribution in [0.25, 0.3) is 0 Å². The Labute approximate surface area is 244 Å². The largest absolute Gasteiger partial charge is 0.435 e. The second-order valence-corrected chi connectivity index (χ2v) is 12.7. The number of halogens is 9. The highest BCUT2D eigenvalue weighted by molar-refractivity contribution is 7.92. The Kier molecular flexibility index (Phi) is 7.31. The van der Waals surface area contributed by atoms with E-state index in [1.165, 1.54) is 0 Å². The third-order valence-corrected chi connectivity index (χ3v) is 10.8. The molecule has 232 valence electrons. The summed E-state index contributed by atoms with van der Waals surface area (Å²) < 4.78 is 151. The molecule has 3 aromatic rings. The number of carbonyl (C=O) groups excluding carboxylic acids is 1. The minimum atomic E-state index is -6.40. The normalized spacial score (nSPS) is 20.5. The van der Waals surface area contributed by atoms with Crippen LogP contribution in [0.4, 0.5) is 39.5 Å². The smallest absolute Gasteiger partial charge is 0.334 e. The van der Waals surface area contributed by atoms with Gasteiger partial charge in [0.15, 0.2) is 9.84 Å². The lowest BCUT2D eigenvalue weighted by Crippen LogP contribution is -2.53. The first-order valence-corrected chi connectivity index (χ1v) is 14.4. The van der Waals surface area contributed by atoms with Gasteiger partial charge < -0.3 is 4.90 Å². The number of nitriles is 1. The Morgan fingerprint density at radius 2 is 1.55 bits per heavy atom. The van der Waals surface area contributed by atoms with Crippen molar-refractivity contribution in [2.45, 2.75) is 53.0 Å². The molecule has 0 bridgehead atoms. The summed E-state index contributed by atoms with van der Waals surface area (Å²) in [4.78, 5) is 14.2. The third kappa shape index (κ3) is 4.44. The molecule has 0 aromatic heterocycles. The Morgan fingerprint density at radius 3 is 2.11 bits per heavy atom. The Morgan fingerprint density at radius 1 is 0.909 bits per heavy atom. The van der Waals surface area contributed by atoms with E-state index in [0.29, 0.717) is 12.1 Å². The predicted molar refractivity (Wildman–Crippen MR) is 135 cm³/mol. The summed E-state index contributed by atoms with van der Waals surface area (Å²) in [6, 6.07) is 8.12. The number of fused-ring (bicyclic) bond motifs is 3. The van der Waals surface area contributed by atoms with Crippen molar-refractivity contribution in [2.24, 2.45) is 0 Å². The summed E-state index contributed by atoms with van der Waals surface area (Å²) in [6.07, 6.45) is -13.8. The minimum absolute atomic E-state index is 0.227. The van der Waals surface area contributed by atoms with Crippen LogP contribution in [-0.4, -0.2) is 44.2 Å². The van der Waals surface area contributed by atoms with Crippen LogP contribution in [0.3, 0.4) is 0 Å². The van der Waals surface area contributed by atoms with E-state index in [2.05, 4.69) is 0 Å². The van der Waals surface area contributed by atoms with E-state index in [9.17, 15) is 52.7 Å². The Bertz CT molecular complexity index is 1780. The first-order valence-electron chi connectivity index (χ1n) is 12.9. The highest BCUT2D eigenvalue weighted by atomic mass is 32.2. The summed E-state index contributed by atoms with van der Waals surface area (Å²) in [7, 11) is -4.68. The summed E-state index contributed by atoms with van der Waals surface area (Å²) in [5.41, 5.74) is -8.70. The van der Waals surface area contributed by atoms with Gasteiger partial charge in [-0.2, -0.15) is 31.6 Å². The SMILES string of the molecule is N#Cc1ccc(C(=O)N2CC[C@]3(S(=O)(=O)c4ccc(F)cc4)c4ccc(C(F)(C(F)(F)F)C(F)(F)F)cc4CC[C@H]23)cc1F. The van der Waals surface area contributed by atoms with Gasteiger partial charge in [0.1, 0.15) is 22.5 Å². The molecule has 0 radical (unpaired) electrons. The molecule has 0 unspecified atom stereocenters. The number of carbonyl (C=O) groups is 1.